The van der Waals surface area contributed by atoms with Gasteiger partial charge in [0.15, 0.2) is 0 Å². The molecule has 0 amide bonds. The molecule has 0 fully saturated rings. The lowest BCUT2D eigenvalue weighted by atomic mass is 9.98. The highest BCUT2D eigenvalue weighted by atomic mass is 79.9. The van der Waals surface area contributed by atoms with Crippen molar-refractivity contribution in [2.75, 3.05) is 5.32 Å². The van der Waals surface area contributed by atoms with Crippen molar-refractivity contribution in [3.8, 4) is 11.1 Å². The summed E-state index contributed by atoms with van der Waals surface area (Å²) in [5, 5.41) is 3.63. The molecule has 5 heteroatoms. The third-order valence-electron chi connectivity index (χ3n) is 3.43. The second kappa shape index (κ2) is 5.71. The Morgan fingerprint density at radius 3 is 2.32 bits per heavy atom. The van der Waals surface area contributed by atoms with E-state index in [-0.39, 0.29) is 0 Å². The molecular weight excluding hydrogens is 366 g/mol. The minimum atomic E-state index is -0.502. The van der Waals surface area contributed by atoms with E-state index in [1.54, 1.807) is 24.3 Å². The summed E-state index contributed by atoms with van der Waals surface area (Å²) < 4.78 is 0.836. The molecule has 0 unspecified atom stereocenters. The van der Waals surface area contributed by atoms with Gasteiger partial charge in [-0.2, -0.15) is 0 Å². The van der Waals surface area contributed by atoms with Crippen LogP contribution in [0.5, 0.6) is 0 Å². The molecule has 0 radical (unpaired) electrons. The molecule has 1 N–H and O–H groups in total. The van der Waals surface area contributed by atoms with Gasteiger partial charge in [-0.1, -0.05) is 29.8 Å². The van der Waals surface area contributed by atoms with Crippen LogP contribution in [0, 0.1) is 6.92 Å². The Kier molecular flexibility index (Phi) is 3.89. The Bertz CT molecular complexity index is 925. The SMILES string of the molecule is Cc1ccc(Nc2c(-c3ccc(Cl)cc3)c(=O)c2=O)c(Br)c1. The van der Waals surface area contributed by atoms with Gasteiger partial charge in [-0.25, -0.2) is 0 Å². The Morgan fingerprint density at radius 1 is 1.00 bits per heavy atom. The molecule has 0 saturated heterocycles. The second-order valence-electron chi connectivity index (χ2n) is 5.02. The molecule has 3 rings (SSSR count). The fraction of sp³-hybridized carbons (Fsp3) is 0.0588. The van der Waals surface area contributed by atoms with Gasteiger partial charge in [-0.15, -0.1) is 0 Å². The van der Waals surface area contributed by atoms with E-state index in [4.69, 9.17) is 11.6 Å². The lowest BCUT2D eigenvalue weighted by Crippen LogP contribution is -2.35. The maximum atomic E-state index is 11.9. The fourth-order valence-corrected chi connectivity index (χ4v) is 2.98. The Balaban J connectivity index is 2.02. The van der Waals surface area contributed by atoms with Crippen LogP contribution in [0.15, 0.2) is 56.5 Å². The lowest BCUT2D eigenvalue weighted by molar-refractivity contribution is 1.36. The van der Waals surface area contributed by atoms with E-state index in [1.165, 1.54) is 0 Å². The maximum Gasteiger partial charge on any atom is 0.250 e. The molecule has 0 aliphatic heterocycles. The van der Waals surface area contributed by atoms with E-state index in [2.05, 4.69) is 21.2 Å². The van der Waals surface area contributed by atoms with Gasteiger partial charge in [-0.3, -0.25) is 9.59 Å². The Labute approximate surface area is 140 Å². The van der Waals surface area contributed by atoms with Crippen molar-refractivity contribution in [3.63, 3.8) is 0 Å². The second-order valence-corrected chi connectivity index (χ2v) is 6.31. The average molecular weight is 377 g/mol. The highest BCUT2D eigenvalue weighted by molar-refractivity contribution is 9.10. The van der Waals surface area contributed by atoms with Gasteiger partial charge in [0.25, 0.3) is 5.43 Å². The van der Waals surface area contributed by atoms with Gasteiger partial charge >= 0.3 is 0 Å². The number of hydrogen-bond acceptors (Lipinski definition) is 3. The third-order valence-corrected chi connectivity index (χ3v) is 4.34. The van der Waals surface area contributed by atoms with Gasteiger partial charge in [0.1, 0.15) is 5.69 Å². The number of anilines is 2. The quantitative estimate of drug-likeness (QED) is 0.688. The predicted molar refractivity (Wildman–Crippen MR) is 94.0 cm³/mol. The van der Waals surface area contributed by atoms with Crippen LogP contribution in [-0.4, -0.2) is 0 Å². The number of hydrogen-bond donors (Lipinski definition) is 1. The first-order chi connectivity index (χ1) is 10.5. The summed E-state index contributed by atoms with van der Waals surface area (Å²) in [5.74, 6) is 0. The van der Waals surface area contributed by atoms with Gasteiger partial charge in [0, 0.05) is 9.50 Å². The van der Waals surface area contributed by atoms with Crippen LogP contribution in [0.1, 0.15) is 5.56 Å². The summed E-state index contributed by atoms with van der Waals surface area (Å²) in [5.41, 5.74) is 2.25. The molecule has 0 heterocycles. The van der Waals surface area contributed by atoms with Gasteiger partial charge in [0.05, 0.1) is 11.3 Å². The minimum Gasteiger partial charge on any atom is -0.351 e. The largest absolute Gasteiger partial charge is 0.351 e. The molecule has 0 aliphatic rings. The van der Waals surface area contributed by atoms with Crippen LogP contribution in [0.2, 0.25) is 5.02 Å². The van der Waals surface area contributed by atoms with Crippen LogP contribution in [0.25, 0.3) is 11.1 Å². The van der Waals surface area contributed by atoms with Crippen molar-refractivity contribution in [1.29, 1.82) is 0 Å². The van der Waals surface area contributed by atoms with Crippen LogP contribution < -0.4 is 16.2 Å². The van der Waals surface area contributed by atoms with Crippen molar-refractivity contribution >= 4 is 38.9 Å². The summed E-state index contributed by atoms with van der Waals surface area (Å²) in [6, 6.07) is 12.6. The van der Waals surface area contributed by atoms with Crippen LogP contribution in [0.3, 0.4) is 0 Å². The molecule has 110 valence electrons. The monoisotopic (exact) mass is 375 g/mol. The lowest BCUT2D eigenvalue weighted by Gasteiger charge is -2.15. The average Bonchev–Trinajstić information content (AvgIpc) is 2.50. The number of halogens is 2. The molecular formula is C17H11BrClNO2. The van der Waals surface area contributed by atoms with E-state index in [0.717, 1.165) is 15.7 Å². The highest BCUT2D eigenvalue weighted by Crippen LogP contribution is 2.31. The first-order valence-electron chi connectivity index (χ1n) is 6.60. The van der Waals surface area contributed by atoms with Crippen molar-refractivity contribution in [3.05, 3.63) is 78.0 Å². The molecule has 0 aliphatic carbocycles. The van der Waals surface area contributed by atoms with E-state index in [9.17, 15) is 9.59 Å². The zero-order valence-electron chi connectivity index (χ0n) is 11.6. The fourth-order valence-electron chi connectivity index (χ4n) is 2.26. The molecule has 0 aromatic heterocycles. The Hall–Kier alpha value is -1.91. The third kappa shape index (κ3) is 2.60. The maximum absolute atomic E-state index is 11.9. The van der Waals surface area contributed by atoms with E-state index in [0.29, 0.717) is 21.8 Å². The Morgan fingerprint density at radius 2 is 1.68 bits per heavy atom. The topological polar surface area (TPSA) is 46.2 Å². The number of aryl methyl sites for hydroxylation is 1. The number of nitrogens with one attached hydrogen (secondary N) is 1. The van der Waals surface area contributed by atoms with E-state index >= 15 is 0 Å². The molecule has 0 bridgehead atoms. The summed E-state index contributed by atoms with van der Waals surface area (Å²) >= 11 is 9.31. The zero-order valence-corrected chi connectivity index (χ0v) is 14.0. The molecule has 3 nitrogen and oxygen atoms in total. The molecule has 0 saturated carbocycles. The van der Waals surface area contributed by atoms with Crippen molar-refractivity contribution in [2.45, 2.75) is 6.92 Å². The number of rotatable bonds is 3. The van der Waals surface area contributed by atoms with Crippen molar-refractivity contribution < 1.29 is 0 Å². The first kappa shape index (κ1) is 15.0. The van der Waals surface area contributed by atoms with Crippen LogP contribution >= 0.6 is 27.5 Å². The van der Waals surface area contributed by atoms with Gasteiger partial charge in [-0.05, 0) is 58.2 Å². The molecule has 22 heavy (non-hydrogen) atoms. The predicted octanol–water partition coefficient (Wildman–Crippen LogP) is 4.42. The van der Waals surface area contributed by atoms with Gasteiger partial charge in [0.2, 0.25) is 5.43 Å². The van der Waals surface area contributed by atoms with E-state index < -0.39 is 10.9 Å². The van der Waals surface area contributed by atoms with Crippen molar-refractivity contribution in [2.24, 2.45) is 0 Å². The molecule has 0 spiro atoms. The molecule has 3 aromatic carbocycles. The summed E-state index contributed by atoms with van der Waals surface area (Å²) in [6.45, 7) is 1.98. The normalized spacial score (nSPS) is 10.9. The molecule has 0 atom stereocenters. The van der Waals surface area contributed by atoms with Crippen molar-refractivity contribution in [1.82, 2.24) is 0 Å². The summed E-state index contributed by atoms with van der Waals surface area (Å²) in [7, 11) is 0. The zero-order chi connectivity index (χ0) is 15.9. The van der Waals surface area contributed by atoms with Crippen LogP contribution in [0.4, 0.5) is 11.4 Å². The van der Waals surface area contributed by atoms with Crippen LogP contribution in [-0.2, 0) is 0 Å². The van der Waals surface area contributed by atoms with Gasteiger partial charge < -0.3 is 5.32 Å². The standard InChI is InChI=1S/C17H11BrClNO2/c1-9-2-7-13(12(18)8-9)20-15-14(16(21)17(15)22)10-3-5-11(19)6-4-10/h2-8,20H,1H3. The summed E-state index contributed by atoms with van der Waals surface area (Å²) in [4.78, 5) is 23.8. The highest BCUT2D eigenvalue weighted by Gasteiger charge is 2.22. The smallest absolute Gasteiger partial charge is 0.250 e. The number of benzene rings is 2. The summed E-state index contributed by atoms with van der Waals surface area (Å²) in [6.07, 6.45) is 0. The molecule has 3 aromatic rings. The first-order valence-corrected chi connectivity index (χ1v) is 7.77. The van der Waals surface area contributed by atoms with E-state index in [1.807, 2.05) is 25.1 Å². The minimum absolute atomic E-state index is 0.317.